The lowest BCUT2D eigenvalue weighted by atomic mass is 10.0. The van der Waals surface area contributed by atoms with Gasteiger partial charge in [0.15, 0.2) is 0 Å². The molecule has 1 atom stereocenters. The normalized spacial score (nSPS) is 23.6. The van der Waals surface area contributed by atoms with E-state index in [4.69, 9.17) is 4.74 Å². The standard InChI is InChI=1S/C12H26N2O/c1-12(2,15-4)6-7-13-9-11-5-8-14(3)10-11/h11,13H,5-10H2,1-4H3. The molecule has 1 N–H and O–H groups in total. The maximum absolute atomic E-state index is 5.38. The van der Waals surface area contributed by atoms with Crippen molar-refractivity contribution in [2.75, 3.05) is 40.3 Å². The summed E-state index contributed by atoms with van der Waals surface area (Å²) in [6.45, 7) is 9.00. The molecule has 90 valence electrons. The third-order valence-corrected chi connectivity index (χ3v) is 3.38. The number of hydrogen-bond donors (Lipinski definition) is 1. The van der Waals surface area contributed by atoms with Crippen molar-refractivity contribution in [1.29, 1.82) is 0 Å². The Labute approximate surface area is 94.2 Å². The fourth-order valence-electron chi connectivity index (χ4n) is 1.99. The minimum absolute atomic E-state index is 0.0134. The average Bonchev–Trinajstić information content (AvgIpc) is 2.59. The molecule has 0 saturated carbocycles. The molecular weight excluding hydrogens is 188 g/mol. The van der Waals surface area contributed by atoms with Crippen LogP contribution >= 0.6 is 0 Å². The Hall–Kier alpha value is -0.120. The monoisotopic (exact) mass is 214 g/mol. The van der Waals surface area contributed by atoms with Crippen LogP contribution in [0, 0.1) is 5.92 Å². The molecule has 0 bridgehead atoms. The summed E-state index contributed by atoms with van der Waals surface area (Å²) in [7, 11) is 3.99. The second-order valence-electron chi connectivity index (χ2n) is 5.33. The Morgan fingerprint density at radius 1 is 1.47 bits per heavy atom. The first-order chi connectivity index (χ1) is 7.03. The molecule has 0 radical (unpaired) electrons. The Morgan fingerprint density at radius 2 is 2.20 bits per heavy atom. The fourth-order valence-corrected chi connectivity index (χ4v) is 1.99. The van der Waals surface area contributed by atoms with Crippen molar-refractivity contribution >= 4 is 0 Å². The molecule has 0 aromatic carbocycles. The predicted octanol–water partition coefficient (Wildman–Crippen LogP) is 1.34. The lowest BCUT2D eigenvalue weighted by molar-refractivity contribution is 0.0157. The van der Waals surface area contributed by atoms with E-state index in [9.17, 15) is 0 Å². The number of nitrogens with one attached hydrogen (secondary N) is 1. The van der Waals surface area contributed by atoms with Crippen LogP contribution in [0.3, 0.4) is 0 Å². The van der Waals surface area contributed by atoms with Crippen LogP contribution in [-0.2, 0) is 4.74 Å². The van der Waals surface area contributed by atoms with E-state index in [2.05, 4.69) is 31.1 Å². The van der Waals surface area contributed by atoms with Crippen LogP contribution in [-0.4, -0.2) is 50.8 Å². The van der Waals surface area contributed by atoms with Gasteiger partial charge in [-0.05, 0) is 59.3 Å². The highest BCUT2D eigenvalue weighted by atomic mass is 16.5. The lowest BCUT2D eigenvalue weighted by Crippen LogP contribution is -2.31. The summed E-state index contributed by atoms with van der Waals surface area (Å²) in [5.41, 5.74) is 0.0134. The first-order valence-electron chi connectivity index (χ1n) is 5.98. The van der Waals surface area contributed by atoms with Crippen LogP contribution in [0.1, 0.15) is 26.7 Å². The van der Waals surface area contributed by atoms with Crippen LogP contribution in [0.5, 0.6) is 0 Å². The van der Waals surface area contributed by atoms with E-state index in [1.807, 2.05) is 0 Å². The van der Waals surface area contributed by atoms with E-state index in [-0.39, 0.29) is 5.60 Å². The summed E-state index contributed by atoms with van der Waals surface area (Å²) in [5.74, 6) is 0.848. The summed E-state index contributed by atoms with van der Waals surface area (Å²) in [5, 5.41) is 3.53. The molecule has 0 aromatic rings. The van der Waals surface area contributed by atoms with E-state index in [1.54, 1.807) is 7.11 Å². The smallest absolute Gasteiger partial charge is 0.0634 e. The predicted molar refractivity (Wildman–Crippen MR) is 64.2 cm³/mol. The molecule has 1 aliphatic heterocycles. The van der Waals surface area contributed by atoms with Gasteiger partial charge >= 0.3 is 0 Å². The SMILES string of the molecule is COC(C)(C)CCNCC1CCN(C)C1. The van der Waals surface area contributed by atoms with E-state index in [0.29, 0.717) is 0 Å². The molecule has 0 amide bonds. The van der Waals surface area contributed by atoms with Gasteiger partial charge in [0.2, 0.25) is 0 Å². The molecule has 1 fully saturated rings. The van der Waals surface area contributed by atoms with E-state index in [1.165, 1.54) is 19.5 Å². The van der Waals surface area contributed by atoms with Crippen LogP contribution in [0.4, 0.5) is 0 Å². The van der Waals surface area contributed by atoms with Gasteiger partial charge in [0.1, 0.15) is 0 Å². The molecule has 3 heteroatoms. The first kappa shape index (κ1) is 12.9. The highest BCUT2D eigenvalue weighted by molar-refractivity contribution is 4.75. The van der Waals surface area contributed by atoms with Crippen LogP contribution in [0.15, 0.2) is 0 Å². The molecule has 0 aliphatic carbocycles. The molecule has 15 heavy (non-hydrogen) atoms. The number of nitrogens with zero attached hydrogens (tertiary/aromatic N) is 1. The summed E-state index contributed by atoms with van der Waals surface area (Å²) in [6.07, 6.45) is 2.42. The Morgan fingerprint density at radius 3 is 2.73 bits per heavy atom. The highest BCUT2D eigenvalue weighted by Gasteiger charge is 2.19. The quantitative estimate of drug-likeness (QED) is 0.675. The topological polar surface area (TPSA) is 24.5 Å². The summed E-state index contributed by atoms with van der Waals surface area (Å²) < 4.78 is 5.38. The summed E-state index contributed by atoms with van der Waals surface area (Å²) in [4.78, 5) is 2.41. The average molecular weight is 214 g/mol. The summed E-state index contributed by atoms with van der Waals surface area (Å²) >= 11 is 0. The number of likely N-dealkylation sites (tertiary alicyclic amines) is 1. The van der Waals surface area contributed by atoms with Crippen molar-refractivity contribution < 1.29 is 4.74 Å². The van der Waals surface area contributed by atoms with Gasteiger partial charge in [0.05, 0.1) is 5.60 Å². The Balaban J connectivity index is 2.02. The zero-order valence-electron chi connectivity index (χ0n) is 10.7. The minimum atomic E-state index is 0.0134. The molecule has 1 unspecified atom stereocenters. The van der Waals surface area contributed by atoms with E-state index in [0.717, 1.165) is 25.4 Å². The number of hydrogen-bond acceptors (Lipinski definition) is 3. The van der Waals surface area contributed by atoms with Gasteiger partial charge < -0.3 is 15.0 Å². The van der Waals surface area contributed by atoms with Crippen molar-refractivity contribution in [2.24, 2.45) is 5.92 Å². The van der Waals surface area contributed by atoms with Gasteiger partial charge in [-0.1, -0.05) is 0 Å². The van der Waals surface area contributed by atoms with Crippen molar-refractivity contribution in [3.63, 3.8) is 0 Å². The lowest BCUT2D eigenvalue weighted by Gasteiger charge is -2.23. The van der Waals surface area contributed by atoms with Crippen molar-refractivity contribution in [2.45, 2.75) is 32.3 Å². The summed E-state index contributed by atoms with van der Waals surface area (Å²) in [6, 6.07) is 0. The third-order valence-electron chi connectivity index (χ3n) is 3.38. The molecule has 3 nitrogen and oxygen atoms in total. The Kier molecular flexibility index (Phi) is 5.03. The maximum atomic E-state index is 5.38. The second-order valence-corrected chi connectivity index (χ2v) is 5.33. The van der Waals surface area contributed by atoms with Gasteiger partial charge in [0.25, 0.3) is 0 Å². The highest BCUT2D eigenvalue weighted by Crippen LogP contribution is 2.14. The van der Waals surface area contributed by atoms with Gasteiger partial charge in [0, 0.05) is 13.7 Å². The largest absolute Gasteiger partial charge is 0.379 e. The number of rotatable bonds is 6. The molecule has 0 aromatic heterocycles. The maximum Gasteiger partial charge on any atom is 0.0634 e. The van der Waals surface area contributed by atoms with Crippen LogP contribution < -0.4 is 5.32 Å². The minimum Gasteiger partial charge on any atom is -0.379 e. The molecule has 1 heterocycles. The van der Waals surface area contributed by atoms with Crippen LogP contribution in [0.2, 0.25) is 0 Å². The van der Waals surface area contributed by atoms with Gasteiger partial charge in [-0.3, -0.25) is 0 Å². The zero-order valence-corrected chi connectivity index (χ0v) is 10.7. The van der Waals surface area contributed by atoms with E-state index < -0.39 is 0 Å². The molecule has 1 rings (SSSR count). The molecule has 1 aliphatic rings. The molecular formula is C12H26N2O. The zero-order chi connectivity index (χ0) is 11.3. The number of methoxy groups -OCH3 is 1. The van der Waals surface area contributed by atoms with Gasteiger partial charge in [-0.2, -0.15) is 0 Å². The Bertz CT molecular complexity index is 182. The molecule has 1 saturated heterocycles. The van der Waals surface area contributed by atoms with Crippen molar-refractivity contribution in [3.8, 4) is 0 Å². The van der Waals surface area contributed by atoms with E-state index >= 15 is 0 Å². The van der Waals surface area contributed by atoms with Crippen LogP contribution in [0.25, 0.3) is 0 Å². The van der Waals surface area contributed by atoms with Crippen molar-refractivity contribution in [1.82, 2.24) is 10.2 Å². The van der Waals surface area contributed by atoms with Gasteiger partial charge in [-0.15, -0.1) is 0 Å². The third kappa shape index (κ3) is 4.96. The first-order valence-corrected chi connectivity index (χ1v) is 5.98. The second kappa shape index (κ2) is 5.83. The number of ether oxygens (including phenoxy) is 1. The fraction of sp³-hybridized carbons (Fsp3) is 1.00. The van der Waals surface area contributed by atoms with Crippen molar-refractivity contribution in [3.05, 3.63) is 0 Å². The van der Waals surface area contributed by atoms with Gasteiger partial charge in [-0.25, -0.2) is 0 Å². The molecule has 0 spiro atoms.